The van der Waals surface area contributed by atoms with Crippen LogP contribution in [-0.2, 0) is 22.3 Å². The van der Waals surface area contributed by atoms with Crippen molar-refractivity contribution in [1.29, 1.82) is 0 Å². The molecular formula is C17H19FN2O3S. The first-order valence-electron chi connectivity index (χ1n) is 7.34. The van der Waals surface area contributed by atoms with Crippen molar-refractivity contribution in [3.63, 3.8) is 0 Å². The quantitative estimate of drug-likeness (QED) is 0.838. The molecule has 7 heteroatoms. The standard InChI is InChI=1S/C17H19FN2O3S/c1-12-3-8-15(9-16(12)18)17(21)20-10-13-4-6-14(7-5-13)11-24(22,23)19-2/h3-9,19H,10-11H2,1-2H3,(H,20,21). The van der Waals surface area contributed by atoms with Crippen LogP contribution >= 0.6 is 0 Å². The average molecular weight is 350 g/mol. The fraction of sp³-hybridized carbons (Fsp3) is 0.235. The average Bonchev–Trinajstić information content (AvgIpc) is 2.56. The Morgan fingerprint density at radius 3 is 2.29 bits per heavy atom. The molecule has 0 unspecified atom stereocenters. The largest absolute Gasteiger partial charge is 0.348 e. The fourth-order valence-electron chi connectivity index (χ4n) is 2.06. The third-order valence-electron chi connectivity index (χ3n) is 3.58. The summed E-state index contributed by atoms with van der Waals surface area (Å²) in [7, 11) is -1.94. The Morgan fingerprint density at radius 1 is 1.08 bits per heavy atom. The van der Waals surface area contributed by atoms with E-state index in [1.807, 2.05) is 0 Å². The fourth-order valence-corrected chi connectivity index (χ4v) is 2.84. The molecule has 0 radical (unpaired) electrons. The van der Waals surface area contributed by atoms with E-state index in [9.17, 15) is 17.6 Å². The Morgan fingerprint density at radius 2 is 1.71 bits per heavy atom. The highest BCUT2D eigenvalue weighted by Crippen LogP contribution is 2.10. The van der Waals surface area contributed by atoms with E-state index in [0.717, 1.165) is 5.56 Å². The number of sulfonamides is 1. The minimum atomic E-state index is -3.31. The van der Waals surface area contributed by atoms with Gasteiger partial charge in [0.15, 0.2) is 0 Å². The van der Waals surface area contributed by atoms with Gasteiger partial charge in [-0.15, -0.1) is 0 Å². The molecule has 24 heavy (non-hydrogen) atoms. The molecule has 2 aromatic rings. The summed E-state index contributed by atoms with van der Waals surface area (Å²) in [5.41, 5.74) is 2.22. The van der Waals surface area contributed by atoms with Gasteiger partial charge < -0.3 is 5.32 Å². The van der Waals surface area contributed by atoms with E-state index in [2.05, 4.69) is 10.0 Å². The van der Waals surface area contributed by atoms with Crippen LogP contribution in [0.2, 0.25) is 0 Å². The van der Waals surface area contributed by atoms with Crippen LogP contribution in [0.15, 0.2) is 42.5 Å². The van der Waals surface area contributed by atoms with E-state index in [-0.39, 0.29) is 23.8 Å². The van der Waals surface area contributed by atoms with Gasteiger partial charge in [0.25, 0.3) is 5.91 Å². The molecule has 0 aliphatic carbocycles. The number of rotatable bonds is 6. The number of hydrogen-bond donors (Lipinski definition) is 2. The van der Waals surface area contributed by atoms with E-state index in [4.69, 9.17) is 0 Å². The molecule has 0 fully saturated rings. The van der Waals surface area contributed by atoms with Gasteiger partial charge in [0, 0.05) is 12.1 Å². The van der Waals surface area contributed by atoms with Gasteiger partial charge in [0.2, 0.25) is 10.0 Å². The molecule has 0 aliphatic heterocycles. The Labute approximate surface area is 141 Å². The minimum absolute atomic E-state index is 0.0984. The van der Waals surface area contributed by atoms with Gasteiger partial charge in [-0.1, -0.05) is 30.3 Å². The smallest absolute Gasteiger partial charge is 0.251 e. The zero-order valence-electron chi connectivity index (χ0n) is 13.5. The summed E-state index contributed by atoms with van der Waals surface area (Å²) in [5, 5.41) is 2.70. The molecule has 0 aromatic heterocycles. The van der Waals surface area contributed by atoms with Crippen LogP contribution in [0, 0.1) is 12.7 Å². The lowest BCUT2D eigenvalue weighted by molar-refractivity contribution is 0.0950. The minimum Gasteiger partial charge on any atom is -0.348 e. The number of aryl methyl sites for hydroxylation is 1. The predicted octanol–water partition coefficient (Wildman–Crippen LogP) is 2.11. The molecule has 0 aliphatic rings. The lowest BCUT2D eigenvalue weighted by atomic mass is 10.1. The van der Waals surface area contributed by atoms with Crippen LogP contribution in [-0.4, -0.2) is 21.4 Å². The van der Waals surface area contributed by atoms with E-state index in [1.165, 1.54) is 13.1 Å². The molecule has 2 N–H and O–H groups in total. The lowest BCUT2D eigenvalue weighted by Crippen LogP contribution is -2.23. The molecule has 0 saturated heterocycles. The van der Waals surface area contributed by atoms with Gasteiger partial charge in [-0.05, 0) is 42.8 Å². The first-order valence-corrected chi connectivity index (χ1v) is 8.99. The molecule has 0 atom stereocenters. The number of amides is 1. The Kier molecular flexibility index (Phi) is 5.69. The highest BCUT2D eigenvalue weighted by Gasteiger charge is 2.10. The summed E-state index contributed by atoms with van der Waals surface area (Å²) >= 11 is 0. The predicted molar refractivity (Wildman–Crippen MR) is 90.4 cm³/mol. The maximum absolute atomic E-state index is 13.5. The molecule has 0 spiro atoms. The van der Waals surface area contributed by atoms with Crippen LogP contribution in [0.25, 0.3) is 0 Å². The molecule has 5 nitrogen and oxygen atoms in total. The summed E-state index contributed by atoms with van der Waals surface area (Å²) < 4.78 is 38.7. The first kappa shape index (κ1) is 18.1. The number of benzene rings is 2. The zero-order chi connectivity index (χ0) is 17.7. The maximum Gasteiger partial charge on any atom is 0.251 e. The normalized spacial score (nSPS) is 11.3. The van der Waals surface area contributed by atoms with Crippen LogP contribution < -0.4 is 10.0 Å². The van der Waals surface area contributed by atoms with E-state index in [1.54, 1.807) is 43.3 Å². The maximum atomic E-state index is 13.5. The molecule has 2 aromatic carbocycles. The highest BCUT2D eigenvalue weighted by molar-refractivity contribution is 7.88. The number of halogens is 1. The Hall–Kier alpha value is -2.25. The first-order chi connectivity index (χ1) is 11.3. The highest BCUT2D eigenvalue weighted by atomic mass is 32.2. The summed E-state index contributed by atoms with van der Waals surface area (Å²) in [6.45, 7) is 1.90. The third-order valence-corrected chi connectivity index (χ3v) is 4.91. The van der Waals surface area contributed by atoms with Crippen LogP contribution in [0.5, 0.6) is 0 Å². The number of hydrogen-bond acceptors (Lipinski definition) is 3. The van der Waals surface area contributed by atoms with Crippen molar-refractivity contribution in [3.8, 4) is 0 Å². The summed E-state index contributed by atoms with van der Waals surface area (Å²) in [5.74, 6) is -0.882. The van der Waals surface area contributed by atoms with Crippen molar-refractivity contribution in [2.24, 2.45) is 0 Å². The SMILES string of the molecule is CNS(=O)(=O)Cc1ccc(CNC(=O)c2ccc(C)c(F)c2)cc1. The molecule has 1 amide bonds. The molecule has 0 heterocycles. The third kappa shape index (κ3) is 4.87. The van der Waals surface area contributed by atoms with Crippen molar-refractivity contribution in [2.75, 3.05) is 7.05 Å². The number of carbonyl (C=O) groups is 1. The second kappa shape index (κ2) is 7.55. The summed E-state index contributed by atoms with van der Waals surface area (Å²) in [6, 6.07) is 11.2. The number of nitrogens with one attached hydrogen (secondary N) is 2. The molecular weight excluding hydrogens is 331 g/mol. The van der Waals surface area contributed by atoms with E-state index >= 15 is 0 Å². The Balaban J connectivity index is 1.96. The van der Waals surface area contributed by atoms with Crippen LogP contribution in [0.3, 0.4) is 0 Å². The molecule has 0 bridgehead atoms. The van der Waals surface area contributed by atoms with Gasteiger partial charge in [0.1, 0.15) is 5.82 Å². The monoisotopic (exact) mass is 350 g/mol. The van der Waals surface area contributed by atoms with E-state index in [0.29, 0.717) is 11.1 Å². The van der Waals surface area contributed by atoms with Crippen molar-refractivity contribution in [1.82, 2.24) is 10.0 Å². The van der Waals surface area contributed by atoms with Crippen molar-refractivity contribution < 1.29 is 17.6 Å². The number of carbonyl (C=O) groups excluding carboxylic acids is 1. The van der Waals surface area contributed by atoms with Gasteiger partial charge in [-0.3, -0.25) is 4.79 Å². The van der Waals surface area contributed by atoms with Crippen molar-refractivity contribution >= 4 is 15.9 Å². The second-order valence-corrected chi connectivity index (χ2v) is 7.35. The van der Waals surface area contributed by atoms with Crippen LogP contribution in [0.4, 0.5) is 4.39 Å². The van der Waals surface area contributed by atoms with Gasteiger partial charge in [-0.2, -0.15) is 0 Å². The Bertz CT molecular complexity index is 833. The lowest BCUT2D eigenvalue weighted by Gasteiger charge is -2.08. The topological polar surface area (TPSA) is 75.3 Å². The van der Waals surface area contributed by atoms with Gasteiger partial charge in [0.05, 0.1) is 5.75 Å². The molecule has 128 valence electrons. The molecule has 2 rings (SSSR count). The van der Waals surface area contributed by atoms with E-state index < -0.39 is 15.8 Å². The van der Waals surface area contributed by atoms with Gasteiger partial charge in [-0.25, -0.2) is 17.5 Å². The summed E-state index contributed by atoms with van der Waals surface area (Å²) in [6.07, 6.45) is 0. The van der Waals surface area contributed by atoms with Gasteiger partial charge >= 0.3 is 0 Å². The second-order valence-electron chi connectivity index (χ2n) is 5.43. The van der Waals surface area contributed by atoms with Crippen molar-refractivity contribution in [3.05, 3.63) is 70.5 Å². The zero-order valence-corrected chi connectivity index (χ0v) is 14.3. The van der Waals surface area contributed by atoms with Crippen LogP contribution in [0.1, 0.15) is 27.0 Å². The summed E-state index contributed by atoms with van der Waals surface area (Å²) in [4.78, 5) is 12.0. The van der Waals surface area contributed by atoms with Crippen molar-refractivity contribution in [2.45, 2.75) is 19.2 Å². The molecule has 0 saturated carbocycles.